The van der Waals surface area contributed by atoms with Gasteiger partial charge in [0, 0.05) is 5.56 Å². The first kappa shape index (κ1) is 10.4. The molecule has 6 nitrogen and oxygen atoms in total. The molecule has 14 heavy (non-hydrogen) atoms. The summed E-state index contributed by atoms with van der Waals surface area (Å²) in [7, 11) is 0. The van der Waals surface area contributed by atoms with Gasteiger partial charge in [-0.1, -0.05) is 11.6 Å². The molecule has 0 aliphatic carbocycles. The second kappa shape index (κ2) is 3.59. The first-order valence-electron chi connectivity index (χ1n) is 3.48. The molecule has 1 aromatic rings. The minimum atomic E-state index is -1.33. The van der Waals surface area contributed by atoms with Crippen molar-refractivity contribution in [2.24, 2.45) is 0 Å². The summed E-state index contributed by atoms with van der Waals surface area (Å²) in [5.41, 5.74) is -0.685. The fourth-order valence-electron chi connectivity index (χ4n) is 0.995. The molecule has 1 N–H and O–H groups in total. The summed E-state index contributed by atoms with van der Waals surface area (Å²) in [6, 6.07) is 0. The molecule has 1 heterocycles. The smallest absolute Gasteiger partial charge is 0.339 e. The van der Waals surface area contributed by atoms with E-state index in [1.54, 1.807) is 0 Å². The van der Waals surface area contributed by atoms with Crippen LogP contribution in [0.25, 0.3) is 0 Å². The second-order valence-corrected chi connectivity index (χ2v) is 2.85. The van der Waals surface area contributed by atoms with Crippen molar-refractivity contribution in [3.63, 3.8) is 0 Å². The van der Waals surface area contributed by atoms with Crippen LogP contribution in [0.4, 0.5) is 5.69 Å². The van der Waals surface area contributed by atoms with Crippen LogP contribution >= 0.6 is 11.6 Å². The van der Waals surface area contributed by atoms with Crippen LogP contribution in [0.15, 0.2) is 6.20 Å². The van der Waals surface area contributed by atoms with E-state index in [0.29, 0.717) is 0 Å². The summed E-state index contributed by atoms with van der Waals surface area (Å²) in [5.74, 6) is -1.33. The zero-order valence-electron chi connectivity index (χ0n) is 7.02. The van der Waals surface area contributed by atoms with E-state index >= 15 is 0 Å². The van der Waals surface area contributed by atoms with E-state index in [2.05, 4.69) is 4.98 Å². The average molecular weight is 217 g/mol. The molecule has 0 spiro atoms. The number of aromatic carboxylic acids is 1. The number of carbonyl (C=O) groups is 1. The Morgan fingerprint density at radius 2 is 2.29 bits per heavy atom. The molecule has 0 amide bonds. The molecule has 0 bridgehead atoms. The lowest BCUT2D eigenvalue weighted by atomic mass is 10.1. The predicted molar refractivity (Wildman–Crippen MR) is 47.6 cm³/mol. The molecule has 74 valence electrons. The molecule has 1 aromatic heterocycles. The fourth-order valence-corrected chi connectivity index (χ4v) is 1.27. The van der Waals surface area contributed by atoms with Crippen molar-refractivity contribution >= 4 is 23.3 Å². The maximum Gasteiger partial charge on any atom is 0.339 e. The van der Waals surface area contributed by atoms with Crippen molar-refractivity contribution in [3.8, 4) is 0 Å². The SMILES string of the molecule is Cc1c([N+](=O)[O-])cnc(Cl)c1C(=O)O. The molecule has 0 saturated heterocycles. The van der Waals surface area contributed by atoms with Gasteiger partial charge >= 0.3 is 5.97 Å². The van der Waals surface area contributed by atoms with Crippen LogP contribution in [-0.2, 0) is 0 Å². The van der Waals surface area contributed by atoms with Crippen molar-refractivity contribution in [2.45, 2.75) is 6.92 Å². The zero-order valence-corrected chi connectivity index (χ0v) is 7.78. The Hall–Kier alpha value is -1.69. The maximum absolute atomic E-state index is 10.7. The molecule has 0 aliphatic rings. The Bertz CT molecular complexity index is 418. The van der Waals surface area contributed by atoms with Crippen molar-refractivity contribution in [1.82, 2.24) is 4.98 Å². The molecular formula is C7H5ClN2O4. The van der Waals surface area contributed by atoms with Crippen LogP contribution in [0, 0.1) is 17.0 Å². The molecule has 0 atom stereocenters. The van der Waals surface area contributed by atoms with Gasteiger partial charge in [-0.3, -0.25) is 10.1 Å². The van der Waals surface area contributed by atoms with Gasteiger partial charge < -0.3 is 5.11 Å². The van der Waals surface area contributed by atoms with Gasteiger partial charge in [-0.25, -0.2) is 9.78 Å². The summed E-state index contributed by atoms with van der Waals surface area (Å²) in [6.07, 6.45) is 0.935. The molecule has 0 fully saturated rings. The van der Waals surface area contributed by atoms with Gasteiger partial charge in [0.25, 0.3) is 5.69 Å². The van der Waals surface area contributed by atoms with E-state index in [4.69, 9.17) is 16.7 Å². The minimum Gasteiger partial charge on any atom is -0.478 e. The summed E-state index contributed by atoms with van der Waals surface area (Å²) in [5, 5.41) is 18.9. The van der Waals surface area contributed by atoms with Gasteiger partial charge in [-0.2, -0.15) is 0 Å². The Kier molecular flexibility index (Phi) is 2.66. The molecule has 0 radical (unpaired) electrons. The predicted octanol–water partition coefficient (Wildman–Crippen LogP) is 1.65. The molecule has 0 aliphatic heterocycles. The number of hydrogen-bond acceptors (Lipinski definition) is 4. The minimum absolute atomic E-state index is 0.00231. The number of pyridine rings is 1. The van der Waals surface area contributed by atoms with E-state index < -0.39 is 10.9 Å². The van der Waals surface area contributed by atoms with Gasteiger partial charge in [0.2, 0.25) is 0 Å². The largest absolute Gasteiger partial charge is 0.478 e. The topological polar surface area (TPSA) is 93.3 Å². The van der Waals surface area contributed by atoms with Crippen LogP contribution in [0.2, 0.25) is 5.15 Å². The van der Waals surface area contributed by atoms with Crippen LogP contribution in [0.3, 0.4) is 0 Å². The summed E-state index contributed by atoms with van der Waals surface area (Å²) < 4.78 is 0. The van der Waals surface area contributed by atoms with Gasteiger partial charge in [0.15, 0.2) is 0 Å². The molecule has 0 unspecified atom stereocenters. The number of aromatic nitrogens is 1. The Morgan fingerprint density at radius 1 is 1.71 bits per heavy atom. The second-order valence-electron chi connectivity index (χ2n) is 2.50. The van der Waals surface area contributed by atoms with Gasteiger partial charge in [0.05, 0.1) is 4.92 Å². The van der Waals surface area contributed by atoms with E-state index in [1.165, 1.54) is 6.92 Å². The summed E-state index contributed by atoms with van der Waals surface area (Å²) in [4.78, 5) is 23.8. The lowest BCUT2D eigenvalue weighted by Crippen LogP contribution is -2.05. The number of nitrogens with zero attached hydrogens (tertiary/aromatic N) is 2. The van der Waals surface area contributed by atoms with Crippen LogP contribution in [-0.4, -0.2) is 21.0 Å². The van der Waals surface area contributed by atoms with Gasteiger partial charge in [-0.15, -0.1) is 0 Å². The molecule has 1 rings (SSSR count). The zero-order chi connectivity index (χ0) is 10.9. The fraction of sp³-hybridized carbons (Fsp3) is 0.143. The number of hydrogen-bond donors (Lipinski definition) is 1. The Labute approximate surface area is 83.3 Å². The molecule has 0 aromatic carbocycles. The lowest BCUT2D eigenvalue weighted by Gasteiger charge is -2.02. The standard InChI is InChI=1S/C7H5ClN2O4/c1-3-4(10(13)14)2-9-6(8)5(3)7(11)12/h2H,1H3,(H,11,12). The lowest BCUT2D eigenvalue weighted by molar-refractivity contribution is -0.385. The highest BCUT2D eigenvalue weighted by Gasteiger charge is 2.22. The number of carboxylic acids is 1. The van der Waals surface area contributed by atoms with Crippen LogP contribution < -0.4 is 0 Å². The van der Waals surface area contributed by atoms with Crippen LogP contribution in [0.1, 0.15) is 15.9 Å². The third-order valence-corrected chi connectivity index (χ3v) is 1.96. The highest BCUT2D eigenvalue weighted by Crippen LogP contribution is 2.25. The summed E-state index contributed by atoms with van der Waals surface area (Å²) in [6.45, 7) is 1.31. The van der Waals surface area contributed by atoms with E-state index in [0.717, 1.165) is 6.20 Å². The average Bonchev–Trinajstić information content (AvgIpc) is 2.02. The van der Waals surface area contributed by atoms with Crippen molar-refractivity contribution < 1.29 is 14.8 Å². The first-order chi connectivity index (χ1) is 6.45. The highest BCUT2D eigenvalue weighted by molar-refractivity contribution is 6.32. The highest BCUT2D eigenvalue weighted by atomic mass is 35.5. The number of halogens is 1. The van der Waals surface area contributed by atoms with Crippen LogP contribution in [0.5, 0.6) is 0 Å². The van der Waals surface area contributed by atoms with E-state index in [-0.39, 0.29) is 22.0 Å². The van der Waals surface area contributed by atoms with Gasteiger partial charge in [-0.05, 0) is 6.92 Å². The number of rotatable bonds is 2. The maximum atomic E-state index is 10.7. The number of carboxylic acid groups (broad SMARTS) is 1. The number of nitro groups is 1. The van der Waals surface area contributed by atoms with Crippen molar-refractivity contribution in [1.29, 1.82) is 0 Å². The Morgan fingerprint density at radius 3 is 2.71 bits per heavy atom. The third-order valence-electron chi connectivity index (χ3n) is 1.68. The van der Waals surface area contributed by atoms with E-state index in [1.807, 2.05) is 0 Å². The van der Waals surface area contributed by atoms with Gasteiger partial charge in [0.1, 0.15) is 16.9 Å². The normalized spacial score (nSPS) is 9.86. The van der Waals surface area contributed by atoms with Crippen molar-refractivity contribution in [2.75, 3.05) is 0 Å². The molecular weight excluding hydrogens is 212 g/mol. The summed E-state index contributed by atoms with van der Waals surface area (Å²) >= 11 is 5.49. The quantitative estimate of drug-likeness (QED) is 0.461. The first-order valence-corrected chi connectivity index (χ1v) is 3.85. The van der Waals surface area contributed by atoms with Crippen molar-refractivity contribution in [3.05, 3.63) is 32.6 Å². The Balaban J connectivity index is 3.49. The molecule has 0 saturated carbocycles. The third kappa shape index (κ3) is 1.64. The van der Waals surface area contributed by atoms with E-state index in [9.17, 15) is 14.9 Å². The molecule has 7 heteroatoms. The monoisotopic (exact) mass is 216 g/mol.